The van der Waals surface area contributed by atoms with E-state index in [1.807, 2.05) is 0 Å². The van der Waals surface area contributed by atoms with Crippen molar-refractivity contribution >= 4 is 5.91 Å². The van der Waals surface area contributed by atoms with Gasteiger partial charge < -0.3 is 25.7 Å². The molecule has 6 heteroatoms. The van der Waals surface area contributed by atoms with Crippen molar-refractivity contribution < 1.29 is 25.2 Å². The zero-order valence-electron chi connectivity index (χ0n) is 30.8. The average molecular weight is 664 g/mol. The van der Waals surface area contributed by atoms with Crippen molar-refractivity contribution in [3.63, 3.8) is 0 Å². The number of carbonyl (C=O) groups excluding carboxylic acids is 1. The number of amides is 1. The van der Waals surface area contributed by atoms with Crippen LogP contribution in [-0.4, -0.2) is 57.3 Å². The van der Waals surface area contributed by atoms with Crippen molar-refractivity contribution in [1.29, 1.82) is 0 Å². The molecule has 0 aliphatic heterocycles. The van der Waals surface area contributed by atoms with Crippen LogP contribution in [0.3, 0.4) is 0 Å². The maximum absolute atomic E-state index is 12.4. The zero-order chi connectivity index (χ0) is 34.6. The third-order valence-corrected chi connectivity index (χ3v) is 9.10. The second-order valence-corrected chi connectivity index (χ2v) is 13.6. The molecule has 0 saturated carbocycles. The predicted octanol–water partition coefficient (Wildman–Crippen LogP) is 9.79. The Bertz CT molecular complexity index is 752. The van der Waals surface area contributed by atoms with Crippen LogP contribution in [0.4, 0.5) is 0 Å². The minimum Gasteiger partial charge on any atom is -0.394 e. The molecule has 0 bridgehead atoms. The molecule has 0 aromatic carbocycles. The summed E-state index contributed by atoms with van der Waals surface area (Å²) in [6, 6.07) is -1.01. The Morgan fingerprint density at radius 3 is 1.45 bits per heavy atom. The summed E-state index contributed by atoms with van der Waals surface area (Å²) in [5.74, 6) is -0.607. The molecular formula is C41H77NO5. The van der Waals surface area contributed by atoms with Gasteiger partial charge in [-0.1, -0.05) is 159 Å². The van der Waals surface area contributed by atoms with E-state index in [-0.39, 0.29) is 0 Å². The van der Waals surface area contributed by atoms with E-state index in [4.69, 9.17) is 0 Å². The summed E-state index contributed by atoms with van der Waals surface area (Å²) in [7, 11) is 0. The van der Waals surface area contributed by atoms with Crippen LogP contribution in [0.25, 0.3) is 0 Å². The number of hydrogen-bond acceptors (Lipinski definition) is 5. The lowest BCUT2D eigenvalue weighted by Crippen LogP contribution is -2.53. The number of aliphatic hydroxyl groups is 4. The highest BCUT2D eigenvalue weighted by Gasteiger charge is 2.28. The standard InChI is InChI=1S/C41H77NO5/c1-3-5-7-9-11-13-15-17-19-20-21-23-24-26-28-30-32-34-38(44)40(46)37(36-43)42-41(47)39(45)35-33-31-29-27-25-22-18-16-14-12-10-8-6-4-2/h12,14,16,18,26,28,37-40,43-46H,3-11,13,15,17,19-25,27,29-36H2,1-2H3,(H,42,47)/b14-12-,18-16-,28-26+. The summed E-state index contributed by atoms with van der Waals surface area (Å²) < 4.78 is 0. The third-order valence-electron chi connectivity index (χ3n) is 9.10. The topological polar surface area (TPSA) is 110 Å². The van der Waals surface area contributed by atoms with E-state index in [0.29, 0.717) is 19.3 Å². The first-order valence-corrected chi connectivity index (χ1v) is 19.9. The monoisotopic (exact) mass is 664 g/mol. The van der Waals surface area contributed by atoms with E-state index in [1.54, 1.807) is 0 Å². The van der Waals surface area contributed by atoms with Crippen molar-refractivity contribution in [2.24, 2.45) is 0 Å². The molecule has 0 aromatic heterocycles. The molecule has 47 heavy (non-hydrogen) atoms. The number of hydrogen-bond donors (Lipinski definition) is 5. The molecule has 0 spiro atoms. The molecule has 0 aliphatic carbocycles. The Labute approximate surface area is 290 Å². The largest absolute Gasteiger partial charge is 0.394 e. The van der Waals surface area contributed by atoms with Crippen LogP contribution in [0.2, 0.25) is 0 Å². The summed E-state index contributed by atoms with van der Waals surface area (Å²) in [6.45, 7) is 3.98. The van der Waals surface area contributed by atoms with Crippen LogP contribution in [0.1, 0.15) is 187 Å². The van der Waals surface area contributed by atoms with Gasteiger partial charge in [0, 0.05) is 0 Å². The summed E-state index contributed by atoms with van der Waals surface area (Å²) in [6.07, 6.45) is 40.2. The van der Waals surface area contributed by atoms with Crippen LogP contribution in [0.15, 0.2) is 36.5 Å². The Morgan fingerprint density at radius 1 is 0.532 bits per heavy atom. The van der Waals surface area contributed by atoms with Crippen molar-refractivity contribution in [2.75, 3.05) is 6.61 Å². The van der Waals surface area contributed by atoms with Crippen LogP contribution >= 0.6 is 0 Å². The quantitative estimate of drug-likeness (QED) is 0.0263. The van der Waals surface area contributed by atoms with Gasteiger partial charge in [0.2, 0.25) is 5.91 Å². The highest BCUT2D eigenvalue weighted by Crippen LogP contribution is 2.14. The molecule has 5 N–H and O–H groups in total. The predicted molar refractivity (Wildman–Crippen MR) is 200 cm³/mol. The molecule has 0 fully saturated rings. The molecule has 276 valence electrons. The molecule has 0 heterocycles. The normalized spacial score (nSPS) is 14.8. The van der Waals surface area contributed by atoms with E-state index in [0.717, 1.165) is 57.8 Å². The van der Waals surface area contributed by atoms with Crippen LogP contribution in [0, 0.1) is 0 Å². The summed E-state index contributed by atoms with van der Waals surface area (Å²) in [5.41, 5.74) is 0. The number of rotatable bonds is 35. The first kappa shape index (κ1) is 45.5. The zero-order valence-corrected chi connectivity index (χ0v) is 30.8. The van der Waals surface area contributed by atoms with Crippen LogP contribution in [-0.2, 0) is 4.79 Å². The molecule has 0 rings (SSSR count). The van der Waals surface area contributed by atoms with Gasteiger partial charge >= 0.3 is 0 Å². The van der Waals surface area contributed by atoms with Crippen LogP contribution < -0.4 is 5.32 Å². The smallest absolute Gasteiger partial charge is 0.249 e. The van der Waals surface area contributed by atoms with E-state index in [2.05, 4.69) is 55.6 Å². The van der Waals surface area contributed by atoms with Crippen molar-refractivity contribution in [2.45, 2.75) is 212 Å². The summed E-state index contributed by atoms with van der Waals surface area (Å²) >= 11 is 0. The maximum atomic E-state index is 12.4. The Hall–Kier alpha value is -1.47. The number of unbranched alkanes of at least 4 members (excludes halogenated alkanes) is 21. The highest BCUT2D eigenvalue weighted by molar-refractivity contribution is 5.80. The molecule has 1 amide bonds. The molecule has 0 radical (unpaired) electrons. The fourth-order valence-corrected chi connectivity index (χ4v) is 5.86. The summed E-state index contributed by atoms with van der Waals surface area (Å²) in [4.78, 5) is 12.4. The first-order valence-electron chi connectivity index (χ1n) is 19.9. The SMILES string of the molecule is CCCCC/C=C\C=C/CCCCCCCC(O)C(=O)NC(CO)C(O)C(O)CCC/C=C/CCCCCCCCCCCCCC. The second-order valence-electron chi connectivity index (χ2n) is 13.6. The van der Waals surface area contributed by atoms with Gasteiger partial charge in [-0.25, -0.2) is 0 Å². The lowest BCUT2D eigenvalue weighted by molar-refractivity contribution is -0.132. The number of allylic oxidation sites excluding steroid dienone is 6. The molecule has 0 aromatic rings. The van der Waals surface area contributed by atoms with E-state index >= 15 is 0 Å². The van der Waals surface area contributed by atoms with Gasteiger partial charge in [-0.05, 0) is 64.2 Å². The maximum Gasteiger partial charge on any atom is 0.249 e. The lowest BCUT2D eigenvalue weighted by atomic mass is 10.00. The number of carbonyl (C=O) groups is 1. The minimum absolute atomic E-state index is 0.344. The lowest BCUT2D eigenvalue weighted by Gasteiger charge is -2.27. The van der Waals surface area contributed by atoms with Gasteiger partial charge in [0.15, 0.2) is 0 Å². The van der Waals surface area contributed by atoms with Gasteiger partial charge in [-0.3, -0.25) is 4.79 Å². The van der Waals surface area contributed by atoms with Crippen molar-refractivity contribution in [3.8, 4) is 0 Å². The fraction of sp³-hybridized carbons (Fsp3) is 0.829. The molecule has 0 aliphatic rings. The van der Waals surface area contributed by atoms with Gasteiger partial charge in [0.1, 0.15) is 12.2 Å². The average Bonchev–Trinajstić information content (AvgIpc) is 3.07. The molecule has 4 atom stereocenters. The molecule has 0 saturated heterocycles. The van der Waals surface area contributed by atoms with E-state index in [9.17, 15) is 25.2 Å². The first-order chi connectivity index (χ1) is 23.0. The second kappa shape index (κ2) is 35.8. The Morgan fingerprint density at radius 2 is 0.936 bits per heavy atom. The van der Waals surface area contributed by atoms with E-state index in [1.165, 1.54) is 96.3 Å². The molecular weight excluding hydrogens is 586 g/mol. The van der Waals surface area contributed by atoms with Crippen molar-refractivity contribution in [1.82, 2.24) is 5.32 Å². The minimum atomic E-state index is -1.29. The molecule has 6 nitrogen and oxygen atoms in total. The van der Waals surface area contributed by atoms with Gasteiger partial charge in [-0.15, -0.1) is 0 Å². The fourth-order valence-electron chi connectivity index (χ4n) is 5.86. The number of aliphatic hydroxyl groups excluding tert-OH is 4. The van der Waals surface area contributed by atoms with E-state index < -0.39 is 36.9 Å². The van der Waals surface area contributed by atoms with Gasteiger partial charge in [0.25, 0.3) is 0 Å². The third kappa shape index (κ3) is 30.3. The van der Waals surface area contributed by atoms with Crippen molar-refractivity contribution in [3.05, 3.63) is 36.5 Å². The highest BCUT2D eigenvalue weighted by atomic mass is 16.3. The Balaban J connectivity index is 3.86. The van der Waals surface area contributed by atoms with Crippen LogP contribution in [0.5, 0.6) is 0 Å². The number of nitrogens with one attached hydrogen (secondary N) is 1. The van der Waals surface area contributed by atoms with Gasteiger partial charge in [0.05, 0.1) is 18.8 Å². The van der Waals surface area contributed by atoms with Gasteiger partial charge in [-0.2, -0.15) is 0 Å². The Kier molecular flexibility index (Phi) is 34.7. The summed E-state index contributed by atoms with van der Waals surface area (Å²) in [5, 5.41) is 43.5. The molecule has 4 unspecified atom stereocenters.